The van der Waals surface area contributed by atoms with Crippen LogP contribution in [0.4, 0.5) is 0 Å². The fraction of sp³-hybridized carbons (Fsp3) is 0.614. The van der Waals surface area contributed by atoms with Crippen LogP contribution >= 0.6 is 15.6 Å². The molecule has 5 unspecified atom stereocenters. The average molecular weight is 1470 g/mol. The molecule has 0 radical (unpaired) electrons. The van der Waals surface area contributed by atoms with Gasteiger partial charge in [0, 0.05) is 25.7 Å². The second kappa shape index (κ2) is 73.7. The van der Waals surface area contributed by atoms with E-state index in [0.29, 0.717) is 38.5 Å². The van der Waals surface area contributed by atoms with E-state index in [1.807, 2.05) is 24.3 Å². The number of unbranched alkanes of at least 4 members (excludes halogenated alkanes) is 16. The Bertz CT molecular complexity index is 2600. The van der Waals surface area contributed by atoms with Crippen LogP contribution in [0.5, 0.6) is 0 Å². The first-order valence-electron chi connectivity index (χ1n) is 38.4. The molecule has 0 heterocycles. The summed E-state index contributed by atoms with van der Waals surface area (Å²) in [4.78, 5) is 72.8. The standard InChI is InChI=1S/C83H134O17P2/c1-5-9-13-17-21-25-29-32-35-38-41-44-48-51-55-59-63-67-80(85)93-73-78(99-82(87)69-65-61-57-53-47-28-24-20-16-12-8-4)75-97-101(89,90)95-71-77(84)72-96-102(91,92)98-76-79(100-83(88)70-66-62-58-54-50-46-43-40-37-34-31-27-23-19-15-11-7-3)74-94-81(86)68-64-60-56-52-49-45-42-39-36-33-30-26-22-18-14-10-6-2/h9-11,13-15,20-27,32-37,41-42,44-45,51-52,55-56,77-79,84H,5-8,12,16-19,28-31,38-40,43,46-50,53-54,57-76H2,1-4H3,(H,89,90)(H,91,92)/b13-9-,14-10-,15-11-,24-20-,25-21-,26-22-,27-23-,35-32-,36-33-,37-34-,44-41-,45-42-,55-51-,56-52-. The molecule has 578 valence electrons. The summed E-state index contributed by atoms with van der Waals surface area (Å²) in [5.41, 5.74) is 0. The van der Waals surface area contributed by atoms with Crippen molar-refractivity contribution < 1.29 is 80.2 Å². The van der Waals surface area contributed by atoms with E-state index >= 15 is 0 Å². The van der Waals surface area contributed by atoms with E-state index in [9.17, 15) is 43.2 Å². The van der Waals surface area contributed by atoms with Crippen LogP contribution in [0.15, 0.2) is 170 Å². The quantitative estimate of drug-likeness (QED) is 0.0169. The van der Waals surface area contributed by atoms with Crippen LogP contribution < -0.4 is 0 Å². The Kier molecular flexibility index (Phi) is 69.7. The van der Waals surface area contributed by atoms with Crippen LogP contribution in [-0.2, 0) is 65.4 Å². The highest BCUT2D eigenvalue weighted by Crippen LogP contribution is 2.45. The maximum atomic E-state index is 13.1. The number of hydrogen-bond donors (Lipinski definition) is 3. The summed E-state index contributed by atoms with van der Waals surface area (Å²) in [5, 5.41) is 10.6. The van der Waals surface area contributed by atoms with E-state index in [2.05, 4.69) is 174 Å². The van der Waals surface area contributed by atoms with Crippen LogP contribution in [0.25, 0.3) is 0 Å². The van der Waals surface area contributed by atoms with Gasteiger partial charge < -0.3 is 33.8 Å². The number of hydrogen-bond acceptors (Lipinski definition) is 15. The molecular weight excluding hydrogens is 1330 g/mol. The topological polar surface area (TPSA) is 237 Å². The van der Waals surface area contributed by atoms with E-state index in [4.69, 9.17) is 37.0 Å². The molecule has 0 fully saturated rings. The molecule has 3 N–H and O–H groups in total. The molecule has 0 saturated carbocycles. The van der Waals surface area contributed by atoms with E-state index in [1.165, 1.54) is 6.42 Å². The van der Waals surface area contributed by atoms with E-state index in [1.54, 1.807) is 0 Å². The van der Waals surface area contributed by atoms with Gasteiger partial charge in [0.2, 0.25) is 0 Å². The fourth-order valence-electron chi connectivity index (χ4n) is 9.40. The number of rotatable bonds is 70. The molecule has 0 aromatic carbocycles. The summed E-state index contributed by atoms with van der Waals surface area (Å²) in [7, 11) is -10.0. The molecule has 0 aliphatic heterocycles. The maximum Gasteiger partial charge on any atom is 0.472 e. The number of phosphoric ester groups is 2. The molecule has 0 rings (SSSR count). The van der Waals surface area contributed by atoms with Gasteiger partial charge in [-0.15, -0.1) is 0 Å². The average Bonchev–Trinajstić information content (AvgIpc) is 0.923. The van der Waals surface area contributed by atoms with Crippen molar-refractivity contribution in [3.63, 3.8) is 0 Å². The summed E-state index contributed by atoms with van der Waals surface area (Å²) in [6.45, 7) is 4.32. The number of phosphoric acid groups is 2. The molecule has 102 heavy (non-hydrogen) atoms. The Balaban J connectivity index is 5.46. The van der Waals surface area contributed by atoms with Gasteiger partial charge in [0.05, 0.1) is 26.4 Å². The van der Waals surface area contributed by atoms with Crippen molar-refractivity contribution in [2.75, 3.05) is 39.6 Å². The number of esters is 4. The van der Waals surface area contributed by atoms with Gasteiger partial charge in [0.1, 0.15) is 19.3 Å². The largest absolute Gasteiger partial charge is 0.472 e. The van der Waals surface area contributed by atoms with Crippen LogP contribution in [-0.4, -0.2) is 96.7 Å². The molecule has 0 aliphatic carbocycles. The lowest BCUT2D eigenvalue weighted by Crippen LogP contribution is -2.30. The van der Waals surface area contributed by atoms with Crippen LogP contribution in [0.2, 0.25) is 0 Å². The number of ether oxygens (including phenoxy) is 4. The summed E-state index contributed by atoms with van der Waals surface area (Å²) in [6, 6.07) is 0. The second-order valence-electron chi connectivity index (χ2n) is 24.8. The smallest absolute Gasteiger partial charge is 0.462 e. The minimum Gasteiger partial charge on any atom is -0.462 e. The summed E-state index contributed by atoms with van der Waals surface area (Å²) < 4.78 is 68.4. The molecule has 19 heteroatoms. The highest BCUT2D eigenvalue weighted by Gasteiger charge is 2.30. The van der Waals surface area contributed by atoms with Crippen LogP contribution in [0.1, 0.15) is 272 Å². The molecule has 5 atom stereocenters. The molecule has 0 amide bonds. The number of aliphatic hydroxyl groups excluding tert-OH is 1. The molecule has 0 aromatic heterocycles. The van der Waals surface area contributed by atoms with Crippen molar-refractivity contribution >= 4 is 39.5 Å². The predicted molar refractivity (Wildman–Crippen MR) is 417 cm³/mol. The van der Waals surface area contributed by atoms with E-state index in [0.717, 1.165) is 173 Å². The van der Waals surface area contributed by atoms with Gasteiger partial charge in [-0.05, 0) is 154 Å². The lowest BCUT2D eigenvalue weighted by atomic mass is 10.1. The van der Waals surface area contributed by atoms with Crippen molar-refractivity contribution in [1.82, 2.24) is 0 Å². The van der Waals surface area contributed by atoms with Gasteiger partial charge in [-0.3, -0.25) is 37.3 Å². The molecule has 17 nitrogen and oxygen atoms in total. The molecular formula is C83H134O17P2. The van der Waals surface area contributed by atoms with Crippen molar-refractivity contribution in [1.29, 1.82) is 0 Å². The number of aliphatic hydroxyl groups is 1. The molecule has 0 aromatic rings. The van der Waals surface area contributed by atoms with Gasteiger partial charge in [-0.2, -0.15) is 0 Å². The Labute approximate surface area is 616 Å². The number of carbonyl (C=O) groups is 4. The minimum atomic E-state index is -5.00. The Morgan fingerprint density at radius 3 is 0.824 bits per heavy atom. The number of allylic oxidation sites excluding steroid dienone is 28. The van der Waals surface area contributed by atoms with Gasteiger partial charge in [-0.1, -0.05) is 262 Å². The first kappa shape index (κ1) is 96.4. The summed E-state index contributed by atoms with van der Waals surface area (Å²) >= 11 is 0. The fourth-order valence-corrected chi connectivity index (χ4v) is 11.0. The third kappa shape index (κ3) is 72.8. The Morgan fingerprint density at radius 2 is 0.520 bits per heavy atom. The molecule has 0 aliphatic rings. The number of carbonyl (C=O) groups excluding carboxylic acids is 4. The zero-order valence-electron chi connectivity index (χ0n) is 63.0. The third-order valence-corrected chi connectivity index (χ3v) is 17.1. The summed E-state index contributed by atoms with van der Waals surface area (Å²) in [6.07, 6.45) is 86.5. The first-order valence-corrected chi connectivity index (χ1v) is 41.4. The molecule has 0 spiro atoms. The zero-order valence-corrected chi connectivity index (χ0v) is 64.8. The maximum absolute atomic E-state index is 13.1. The molecule has 0 bridgehead atoms. The normalized spacial score (nSPS) is 14.9. The van der Waals surface area contributed by atoms with Gasteiger partial charge in [-0.25, -0.2) is 9.13 Å². The van der Waals surface area contributed by atoms with E-state index < -0.39 is 97.5 Å². The molecule has 0 saturated heterocycles. The second-order valence-corrected chi connectivity index (χ2v) is 27.7. The zero-order chi connectivity index (χ0) is 74.6. The minimum absolute atomic E-state index is 0.0640. The van der Waals surface area contributed by atoms with Gasteiger partial charge >= 0.3 is 39.5 Å². The summed E-state index contributed by atoms with van der Waals surface area (Å²) in [5.74, 6) is -2.35. The SMILES string of the molecule is CC/C=C\C/C=C\C/C=C\C/C=C\C/C=C\CCCC(=O)OCC(COP(=O)(O)OCC(O)COP(=O)(O)OCC(COC(=O)CCC/C=C\C/C=C\C/C=C\C/C=C\C/C=C\CC)OC(=O)CCCCCCCCC/C=C\C/C=C\C/C=C\CC)OC(=O)CCCCCCC/C=C\CCCC. The van der Waals surface area contributed by atoms with Crippen LogP contribution in [0, 0.1) is 0 Å². The highest BCUT2D eigenvalue weighted by atomic mass is 31.2. The highest BCUT2D eigenvalue weighted by molar-refractivity contribution is 7.47. The van der Waals surface area contributed by atoms with Gasteiger partial charge in [0.25, 0.3) is 0 Å². The van der Waals surface area contributed by atoms with Gasteiger partial charge in [0.15, 0.2) is 12.2 Å². The van der Waals surface area contributed by atoms with Crippen molar-refractivity contribution in [3.05, 3.63) is 170 Å². The predicted octanol–water partition coefficient (Wildman–Crippen LogP) is 22.2. The monoisotopic (exact) mass is 1460 g/mol. The lowest BCUT2D eigenvalue weighted by Gasteiger charge is -2.21. The van der Waals surface area contributed by atoms with Crippen LogP contribution in [0.3, 0.4) is 0 Å². The van der Waals surface area contributed by atoms with Crippen molar-refractivity contribution in [2.24, 2.45) is 0 Å². The van der Waals surface area contributed by atoms with Crippen molar-refractivity contribution in [2.45, 2.75) is 290 Å². The first-order chi connectivity index (χ1) is 49.7. The van der Waals surface area contributed by atoms with Crippen molar-refractivity contribution in [3.8, 4) is 0 Å². The Morgan fingerprint density at radius 1 is 0.284 bits per heavy atom. The Hall–Kier alpha value is -5.58. The van der Waals surface area contributed by atoms with E-state index in [-0.39, 0.29) is 25.7 Å². The lowest BCUT2D eigenvalue weighted by molar-refractivity contribution is -0.161. The third-order valence-electron chi connectivity index (χ3n) is 15.2.